The Labute approximate surface area is 212 Å². The maximum absolute atomic E-state index is 12.3. The quantitative estimate of drug-likeness (QED) is 0.264. The second kappa shape index (κ2) is 9.40. The summed E-state index contributed by atoms with van der Waals surface area (Å²) in [5.74, 6) is 1.11. The van der Waals surface area contributed by atoms with Gasteiger partial charge in [-0.1, -0.05) is 31.8 Å². The van der Waals surface area contributed by atoms with Crippen molar-refractivity contribution < 1.29 is 18.3 Å². The summed E-state index contributed by atoms with van der Waals surface area (Å²) in [5.41, 5.74) is 4.18. The fourth-order valence-electron chi connectivity index (χ4n) is 4.96. The molecule has 2 atom stereocenters. The first kappa shape index (κ1) is 25.1. The summed E-state index contributed by atoms with van der Waals surface area (Å²) in [6.45, 7) is 7.95. The third-order valence-electron chi connectivity index (χ3n) is 6.97. The molecule has 2 unspecified atom stereocenters. The van der Waals surface area contributed by atoms with Crippen LogP contribution in [0.5, 0.6) is 0 Å². The number of nitrogens with zero attached hydrogens (tertiary/aromatic N) is 4. The number of aromatic nitrogens is 4. The lowest BCUT2D eigenvalue weighted by Crippen LogP contribution is -2.22. The normalized spacial score (nSPS) is 19.0. The van der Waals surface area contributed by atoms with Crippen LogP contribution in [0.4, 0.5) is 0 Å². The first-order valence-electron chi connectivity index (χ1n) is 12.4. The summed E-state index contributed by atoms with van der Waals surface area (Å²) in [7, 11) is -4.60. The molecule has 1 aromatic carbocycles. The number of fused-ring (bicyclic) bond motifs is 3. The highest BCUT2D eigenvalue weighted by atomic mass is 32.2. The summed E-state index contributed by atoms with van der Waals surface area (Å²) < 4.78 is 34.8. The van der Waals surface area contributed by atoms with Crippen LogP contribution >= 0.6 is 0 Å². The van der Waals surface area contributed by atoms with Crippen molar-refractivity contribution in [3.8, 4) is 11.3 Å². The summed E-state index contributed by atoms with van der Waals surface area (Å²) in [5, 5.41) is 10.1. The van der Waals surface area contributed by atoms with Gasteiger partial charge in [-0.25, -0.2) is 18.4 Å². The minimum atomic E-state index is -3.35. The zero-order valence-corrected chi connectivity index (χ0v) is 23.1. The lowest BCUT2D eigenvalue weighted by Gasteiger charge is -2.17. The van der Waals surface area contributed by atoms with E-state index >= 15 is 0 Å². The second-order valence-electron chi connectivity index (χ2n) is 11.1. The molecule has 5 rings (SSSR count). The van der Waals surface area contributed by atoms with E-state index in [-0.39, 0.29) is 16.9 Å². The van der Waals surface area contributed by atoms with Gasteiger partial charge in [0.25, 0.3) is 0 Å². The summed E-state index contributed by atoms with van der Waals surface area (Å²) >= 11 is 0. The van der Waals surface area contributed by atoms with Crippen molar-refractivity contribution >= 4 is 34.6 Å². The number of benzene rings is 1. The first-order valence-corrected chi connectivity index (χ1v) is 18.0. The van der Waals surface area contributed by atoms with E-state index in [4.69, 9.17) is 14.7 Å². The van der Waals surface area contributed by atoms with Crippen LogP contribution < -0.4 is 0 Å². The van der Waals surface area contributed by atoms with Crippen molar-refractivity contribution in [3.63, 3.8) is 0 Å². The molecule has 4 aromatic rings. The third-order valence-corrected chi connectivity index (χ3v) is 9.78. The highest BCUT2D eigenvalue weighted by Gasteiger charge is 2.28. The maximum Gasteiger partial charge on any atom is 0.175 e. The predicted octanol–water partition coefficient (Wildman–Crippen LogP) is 4.70. The van der Waals surface area contributed by atoms with Gasteiger partial charge in [0, 0.05) is 26.9 Å². The number of aliphatic hydroxyl groups is 1. The number of imidazole rings is 1. The van der Waals surface area contributed by atoms with Gasteiger partial charge in [0.1, 0.15) is 12.6 Å². The molecule has 10 heteroatoms. The minimum Gasteiger partial charge on any atom is -0.393 e. The molecule has 3 heterocycles. The van der Waals surface area contributed by atoms with E-state index in [0.29, 0.717) is 19.8 Å². The Morgan fingerprint density at radius 1 is 1.14 bits per heavy atom. The summed E-state index contributed by atoms with van der Waals surface area (Å²) in [4.78, 5) is 9.77. The van der Waals surface area contributed by atoms with Crippen molar-refractivity contribution in [2.24, 2.45) is 0 Å². The van der Waals surface area contributed by atoms with Gasteiger partial charge >= 0.3 is 0 Å². The van der Waals surface area contributed by atoms with Crippen LogP contribution in [-0.4, -0.2) is 59.5 Å². The molecular weight excluding hydrogens is 492 g/mol. The molecule has 0 saturated heterocycles. The van der Waals surface area contributed by atoms with E-state index in [2.05, 4.69) is 30.1 Å². The molecule has 0 spiro atoms. The summed E-state index contributed by atoms with van der Waals surface area (Å²) in [6, 6.07) is 10.1. The van der Waals surface area contributed by atoms with E-state index in [9.17, 15) is 13.5 Å². The van der Waals surface area contributed by atoms with Crippen LogP contribution in [0.15, 0.2) is 47.6 Å². The Balaban J connectivity index is 1.65. The van der Waals surface area contributed by atoms with Crippen LogP contribution in [0.25, 0.3) is 27.9 Å². The SMILES string of the molecule is C[Si](C)(C)CCOCn1c(-c2cccc(S(C)(=O)=O)c2)cc2c1ncc1cnc(C3CCC(O)C3)n12. The van der Waals surface area contributed by atoms with Gasteiger partial charge in [0.05, 0.1) is 40.1 Å². The zero-order chi connectivity index (χ0) is 25.7. The zero-order valence-electron chi connectivity index (χ0n) is 21.3. The van der Waals surface area contributed by atoms with Crippen molar-refractivity contribution in [1.82, 2.24) is 18.9 Å². The monoisotopic (exact) mass is 526 g/mol. The number of rotatable bonds is 8. The molecule has 0 radical (unpaired) electrons. The van der Waals surface area contributed by atoms with Gasteiger partial charge < -0.3 is 14.4 Å². The van der Waals surface area contributed by atoms with Crippen LogP contribution in [0, 0.1) is 0 Å². The fourth-order valence-corrected chi connectivity index (χ4v) is 6.38. The number of ether oxygens (including phenoxy) is 1. The highest BCUT2D eigenvalue weighted by Crippen LogP contribution is 2.36. The van der Waals surface area contributed by atoms with Gasteiger partial charge in [-0.05, 0) is 49.1 Å². The molecule has 8 nitrogen and oxygen atoms in total. The lowest BCUT2D eigenvalue weighted by molar-refractivity contribution is 0.0909. The van der Waals surface area contributed by atoms with Crippen LogP contribution in [0.2, 0.25) is 25.7 Å². The molecular formula is C26H34N4O4SSi. The molecule has 0 aliphatic heterocycles. The third kappa shape index (κ3) is 5.00. The predicted molar refractivity (Wildman–Crippen MR) is 144 cm³/mol. The topological polar surface area (TPSA) is 98.7 Å². The average molecular weight is 527 g/mol. The van der Waals surface area contributed by atoms with E-state index < -0.39 is 17.9 Å². The number of aliphatic hydroxyl groups excluding tert-OH is 1. The number of hydrogen-bond acceptors (Lipinski definition) is 6. The Morgan fingerprint density at radius 3 is 2.61 bits per heavy atom. The minimum absolute atomic E-state index is 0.182. The van der Waals surface area contributed by atoms with Gasteiger partial charge in [-0.15, -0.1) is 0 Å². The van der Waals surface area contributed by atoms with E-state index in [1.54, 1.807) is 18.2 Å². The van der Waals surface area contributed by atoms with Gasteiger partial charge in [-0.2, -0.15) is 0 Å². The smallest absolute Gasteiger partial charge is 0.175 e. The first-order chi connectivity index (χ1) is 17.0. The second-order valence-corrected chi connectivity index (χ2v) is 18.8. The number of hydrogen-bond donors (Lipinski definition) is 1. The molecule has 1 saturated carbocycles. The van der Waals surface area contributed by atoms with Crippen molar-refractivity contribution in [3.05, 3.63) is 48.5 Å². The molecule has 3 aromatic heterocycles. The highest BCUT2D eigenvalue weighted by molar-refractivity contribution is 7.90. The lowest BCUT2D eigenvalue weighted by atomic mass is 10.1. The van der Waals surface area contributed by atoms with Crippen LogP contribution in [0.1, 0.15) is 31.0 Å². The fraction of sp³-hybridized carbons (Fsp3) is 0.462. The van der Waals surface area contributed by atoms with Crippen LogP contribution in [-0.2, 0) is 21.3 Å². The van der Waals surface area contributed by atoms with Crippen LogP contribution in [0.3, 0.4) is 0 Å². The van der Waals surface area contributed by atoms with Crippen molar-refractivity contribution in [2.75, 3.05) is 12.9 Å². The molecule has 192 valence electrons. The molecule has 1 fully saturated rings. The number of sulfone groups is 1. The Bertz CT molecular complexity index is 1520. The van der Waals surface area contributed by atoms with Gasteiger partial charge in [0.15, 0.2) is 15.5 Å². The molecule has 0 amide bonds. The van der Waals surface area contributed by atoms with E-state index in [1.807, 2.05) is 23.0 Å². The molecule has 1 aliphatic rings. The molecule has 36 heavy (non-hydrogen) atoms. The Kier molecular flexibility index (Phi) is 6.56. The van der Waals surface area contributed by atoms with E-state index in [0.717, 1.165) is 52.6 Å². The van der Waals surface area contributed by atoms with Crippen molar-refractivity contribution in [1.29, 1.82) is 0 Å². The Morgan fingerprint density at radius 2 is 1.92 bits per heavy atom. The summed E-state index contributed by atoms with van der Waals surface area (Å²) in [6.07, 6.45) is 6.96. The maximum atomic E-state index is 12.3. The van der Waals surface area contributed by atoms with Gasteiger partial charge in [-0.3, -0.25) is 4.40 Å². The Hall–Kier alpha value is -2.53. The molecule has 1 aliphatic carbocycles. The molecule has 0 bridgehead atoms. The van der Waals surface area contributed by atoms with Gasteiger partial charge in [0.2, 0.25) is 0 Å². The van der Waals surface area contributed by atoms with E-state index in [1.165, 1.54) is 6.26 Å². The largest absolute Gasteiger partial charge is 0.393 e. The molecule has 1 N–H and O–H groups in total. The van der Waals surface area contributed by atoms with Crippen molar-refractivity contribution in [2.45, 2.75) is 68.6 Å². The standard InChI is InChI=1S/C26H34N4O4SSi/c1-35(32,33)22-7-5-6-18(13-22)23-14-24-26(29(23)17-34-10-11-36(2,3)4)28-16-20-15-27-25(30(20)24)19-8-9-21(31)12-19/h5-7,13-16,19,21,31H,8-12,17H2,1-4H3. The average Bonchev–Trinajstić information content (AvgIpc) is 3.51.